The summed E-state index contributed by atoms with van der Waals surface area (Å²) in [5.41, 5.74) is 1.92. The minimum Gasteiger partial charge on any atom is -0.308 e. The lowest BCUT2D eigenvalue weighted by Gasteiger charge is -2.17. The van der Waals surface area contributed by atoms with Crippen molar-refractivity contribution < 1.29 is 0 Å². The van der Waals surface area contributed by atoms with Crippen LogP contribution in [0.1, 0.15) is 17.3 Å². The first-order chi connectivity index (χ1) is 7.74. The quantitative estimate of drug-likeness (QED) is 0.871. The van der Waals surface area contributed by atoms with Crippen LogP contribution in [-0.4, -0.2) is 27.0 Å². The molecule has 2 heterocycles. The largest absolute Gasteiger partial charge is 0.308 e. The monoisotopic (exact) mass is 237 g/mol. The fourth-order valence-corrected chi connectivity index (χ4v) is 1.87. The average molecular weight is 238 g/mol. The number of nitrogens with zero attached hydrogens (tertiary/aromatic N) is 4. The van der Waals surface area contributed by atoms with Gasteiger partial charge in [-0.1, -0.05) is 16.8 Å². The Balaban J connectivity index is 2.45. The lowest BCUT2D eigenvalue weighted by molar-refractivity contribution is 0.597. The van der Waals surface area contributed by atoms with Gasteiger partial charge < -0.3 is 5.32 Å². The molecule has 0 aliphatic heterocycles. The molecule has 0 spiro atoms. The SMILES string of the molecule is CNC(c1ccncc1Cl)c1cnnn1C. The molecule has 0 aliphatic rings. The normalized spacial score (nSPS) is 12.7. The zero-order valence-corrected chi connectivity index (χ0v) is 9.81. The second-order valence-electron chi connectivity index (χ2n) is 3.40. The highest BCUT2D eigenvalue weighted by atomic mass is 35.5. The molecule has 2 rings (SSSR count). The summed E-state index contributed by atoms with van der Waals surface area (Å²) in [7, 11) is 3.72. The Morgan fingerprint density at radius 1 is 1.44 bits per heavy atom. The fraction of sp³-hybridized carbons (Fsp3) is 0.300. The molecule has 6 heteroatoms. The van der Waals surface area contributed by atoms with Gasteiger partial charge in [-0.3, -0.25) is 9.67 Å². The van der Waals surface area contributed by atoms with Crippen molar-refractivity contribution in [2.75, 3.05) is 7.05 Å². The highest BCUT2D eigenvalue weighted by molar-refractivity contribution is 6.31. The molecule has 0 saturated heterocycles. The van der Waals surface area contributed by atoms with E-state index in [1.165, 1.54) is 0 Å². The molecule has 0 radical (unpaired) electrons. The molecule has 0 aliphatic carbocycles. The maximum absolute atomic E-state index is 6.11. The molecule has 2 aromatic heterocycles. The first kappa shape index (κ1) is 11.0. The van der Waals surface area contributed by atoms with Crippen LogP contribution in [0.15, 0.2) is 24.7 Å². The summed E-state index contributed by atoms with van der Waals surface area (Å²) >= 11 is 6.11. The highest BCUT2D eigenvalue weighted by Gasteiger charge is 2.18. The Bertz CT molecular complexity index is 482. The van der Waals surface area contributed by atoms with E-state index >= 15 is 0 Å². The molecule has 0 amide bonds. The second-order valence-corrected chi connectivity index (χ2v) is 3.81. The van der Waals surface area contributed by atoms with Gasteiger partial charge in [0.15, 0.2) is 0 Å². The van der Waals surface area contributed by atoms with Crippen molar-refractivity contribution in [1.82, 2.24) is 25.3 Å². The van der Waals surface area contributed by atoms with Crippen LogP contribution < -0.4 is 5.32 Å². The van der Waals surface area contributed by atoms with E-state index in [0.29, 0.717) is 5.02 Å². The van der Waals surface area contributed by atoms with E-state index in [4.69, 9.17) is 11.6 Å². The number of rotatable bonds is 3. The van der Waals surface area contributed by atoms with Crippen molar-refractivity contribution >= 4 is 11.6 Å². The first-order valence-electron chi connectivity index (χ1n) is 4.85. The molecule has 1 N–H and O–H groups in total. The highest BCUT2D eigenvalue weighted by Crippen LogP contribution is 2.26. The van der Waals surface area contributed by atoms with E-state index < -0.39 is 0 Å². The fourth-order valence-electron chi connectivity index (χ4n) is 1.64. The second kappa shape index (κ2) is 4.59. The maximum atomic E-state index is 6.11. The van der Waals surface area contributed by atoms with Gasteiger partial charge in [0.1, 0.15) is 0 Å². The molecule has 0 saturated carbocycles. The zero-order valence-electron chi connectivity index (χ0n) is 9.05. The third kappa shape index (κ3) is 1.91. The standard InChI is InChI=1S/C10H12ClN5/c1-12-10(9-6-14-15-16(9)2)7-3-4-13-5-8(7)11/h3-6,10,12H,1-2H3. The molecular formula is C10H12ClN5. The van der Waals surface area contributed by atoms with Crippen LogP contribution in [-0.2, 0) is 7.05 Å². The molecule has 1 atom stereocenters. The molecule has 16 heavy (non-hydrogen) atoms. The number of nitrogens with one attached hydrogen (secondary N) is 1. The van der Waals surface area contributed by atoms with Gasteiger partial charge in [0.05, 0.1) is 23.0 Å². The molecular weight excluding hydrogens is 226 g/mol. The molecule has 0 fully saturated rings. The molecule has 5 nitrogen and oxygen atoms in total. The van der Waals surface area contributed by atoms with Crippen LogP contribution >= 0.6 is 11.6 Å². The van der Waals surface area contributed by atoms with Gasteiger partial charge in [-0.25, -0.2) is 0 Å². The molecule has 2 aromatic rings. The predicted molar refractivity (Wildman–Crippen MR) is 61.2 cm³/mol. The maximum Gasteiger partial charge on any atom is 0.0799 e. The van der Waals surface area contributed by atoms with Gasteiger partial charge in [-0.05, 0) is 18.7 Å². The van der Waals surface area contributed by atoms with Crippen LogP contribution in [0, 0.1) is 0 Å². The van der Waals surface area contributed by atoms with Crippen LogP contribution in [0.5, 0.6) is 0 Å². The molecule has 84 valence electrons. The van der Waals surface area contributed by atoms with Gasteiger partial charge >= 0.3 is 0 Å². The summed E-state index contributed by atoms with van der Waals surface area (Å²) in [4.78, 5) is 3.97. The lowest BCUT2D eigenvalue weighted by Crippen LogP contribution is -2.21. The van der Waals surface area contributed by atoms with Gasteiger partial charge in [-0.15, -0.1) is 5.10 Å². The van der Waals surface area contributed by atoms with E-state index in [9.17, 15) is 0 Å². The summed E-state index contributed by atoms with van der Waals surface area (Å²) in [5.74, 6) is 0. The third-order valence-corrected chi connectivity index (χ3v) is 2.76. The Hall–Kier alpha value is -1.46. The zero-order chi connectivity index (χ0) is 11.5. The van der Waals surface area contributed by atoms with Gasteiger partial charge in [0, 0.05) is 19.4 Å². The molecule has 0 aromatic carbocycles. The van der Waals surface area contributed by atoms with Crippen LogP contribution in [0.2, 0.25) is 5.02 Å². The van der Waals surface area contributed by atoms with Crippen LogP contribution in [0.25, 0.3) is 0 Å². The number of hydrogen-bond acceptors (Lipinski definition) is 4. The van der Waals surface area contributed by atoms with Gasteiger partial charge in [0.2, 0.25) is 0 Å². The summed E-state index contributed by atoms with van der Waals surface area (Å²) in [6.07, 6.45) is 5.07. The summed E-state index contributed by atoms with van der Waals surface area (Å²) < 4.78 is 1.72. The van der Waals surface area contributed by atoms with Crippen LogP contribution in [0.4, 0.5) is 0 Å². The number of hydrogen-bond donors (Lipinski definition) is 1. The number of pyridine rings is 1. The Morgan fingerprint density at radius 3 is 2.81 bits per heavy atom. The van der Waals surface area contributed by atoms with Crippen molar-refractivity contribution in [3.05, 3.63) is 40.9 Å². The summed E-state index contributed by atoms with van der Waals surface area (Å²) in [6, 6.07) is 1.85. The van der Waals surface area contributed by atoms with E-state index in [2.05, 4.69) is 20.6 Å². The Kier molecular flexibility index (Phi) is 3.17. The topological polar surface area (TPSA) is 55.6 Å². The number of aryl methyl sites for hydroxylation is 1. The summed E-state index contributed by atoms with van der Waals surface area (Å²) in [5, 5.41) is 11.6. The van der Waals surface area contributed by atoms with Gasteiger partial charge in [0.25, 0.3) is 0 Å². The molecule has 1 unspecified atom stereocenters. The van der Waals surface area contributed by atoms with Gasteiger partial charge in [-0.2, -0.15) is 0 Å². The van der Waals surface area contributed by atoms with E-state index in [0.717, 1.165) is 11.3 Å². The summed E-state index contributed by atoms with van der Waals surface area (Å²) in [6.45, 7) is 0. The Labute approximate surface area is 98.5 Å². The van der Waals surface area contributed by atoms with Crippen molar-refractivity contribution in [2.24, 2.45) is 7.05 Å². The number of halogens is 1. The Morgan fingerprint density at radius 2 is 2.25 bits per heavy atom. The van der Waals surface area contributed by atoms with Crippen LogP contribution in [0.3, 0.4) is 0 Å². The smallest absolute Gasteiger partial charge is 0.0799 e. The lowest BCUT2D eigenvalue weighted by atomic mass is 10.1. The van der Waals surface area contributed by atoms with Crippen molar-refractivity contribution in [2.45, 2.75) is 6.04 Å². The third-order valence-electron chi connectivity index (χ3n) is 2.45. The van der Waals surface area contributed by atoms with Crippen molar-refractivity contribution in [1.29, 1.82) is 0 Å². The average Bonchev–Trinajstić information content (AvgIpc) is 2.69. The van der Waals surface area contributed by atoms with E-state index in [1.54, 1.807) is 23.3 Å². The van der Waals surface area contributed by atoms with Crippen molar-refractivity contribution in [3.63, 3.8) is 0 Å². The van der Waals surface area contributed by atoms with E-state index in [1.807, 2.05) is 20.2 Å². The first-order valence-corrected chi connectivity index (χ1v) is 5.23. The number of aromatic nitrogens is 4. The predicted octanol–water partition coefficient (Wildman–Crippen LogP) is 1.17. The van der Waals surface area contributed by atoms with Crippen molar-refractivity contribution in [3.8, 4) is 0 Å². The molecule has 0 bridgehead atoms. The minimum absolute atomic E-state index is 0.0319. The minimum atomic E-state index is -0.0319. The van der Waals surface area contributed by atoms with E-state index in [-0.39, 0.29) is 6.04 Å².